The van der Waals surface area contributed by atoms with E-state index in [9.17, 15) is 14.7 Å². The van der Waals surface area contributed by atoms with Crippen LogP contribution in [0.5, 0.6) is 6.01 Å². The van der Waals surface area contributed by atoms with Gasteiger partial charge in [-0.15, -0.1) is 0 Å². The number of carbonyl (C=O) groups is 2. The number of aromatic nitrogens is 2. The largest absolute Gasteiger partial charge is 0.478 e. The number of amides is 1. The van der Waals surface area contributed by atoms with Crippen LogP contribution in [0, 0.1) is 19.8 Å². The van der Waals surface area contributed by atoms with E-state index in [1.165, 1.54) is 0 Å². The normalized spacial score (nSPS) is 18.8. The van der Waals surface area contributed by atoms with Crippen LogP contribution in [0.2, 0.25) is 0 Å². The number of hydrogen-bond acceptors (Lipinski definition) is 8. The Morgan fingerprint density at radius 1 is 1.12 bits per heavy atom. The maximum atomic E-state index is 13.7. The Labute approximate surface area is 247 Å². The standard InChI is InChI=1S/C32H40N6O4/c1-7-20(2)24(6)37-36-23(5)19-38-27-16-12-11-15-26(27)32(33-18-28(38)39,25-13-9-8-10-14-25)29(30(40)41)42-31-34-21(3)17-22(4)35-31/h8-17,20,24,29,33,36-37H,5,7,18-19H2,1-4,6H3,(H,40,41). The number of anilines is 1. The Morgan fingerprint density at radius 3 is 2.40 bits per heavy atom. The van der Waals surface area contributed by atoms with Gasteiger partial charge in [0.05, 0.1) is 13.1 Å². The van der Waals surface area contributed by atoms with Gasteiger partial charge in [-0.2, -0.15) is 0 Å². The summed E-state index contributed by atoms with van der Waals surface area (Å²) in [7, 11) is 0. The second-order valence-corrected chi connectivity index (χ2v) is 10.8. The van der Waals surface area contributed by atoms with Crippen LogP contribution >= 0.6 is 0 Å². The number of nitrogens with zero attached hydrogens (tertiary/aromatic N) is 3. The zero-order chi connectivity index (χ0) is 30.4. The van der Waals surface area contributed by atoms with Gasteiger partial charge in [-0.3, -0.25) is 10.1 Å². The third-order valence-corrected chi connectivity index (χ3v) is 7.79. The minimum atomic E-state index is -1.53. The fourth-order valence-corrected chi connectivity index (χ4v) is 5.22. The van der Waals surface area contributed by atoms with Gasteiger partial charge in [0, 0.05) is 34.4 Å². The molecule has 0 fully saturated rings. The van der Waals surface area contributed by atoms with E-state index in [1.807, 2.05) is 54.6 Å². The van der Waals surface area contributed by atoms with Crippen molar-refractivity contribution < 1.29 is 19.4 Å². The summed E-state index contributed by atoms with van der Waals surface area (Å²) in [6.45, 7) is 14.1. The summed E-state index contributed by atoms with van der Waals surface area (Å²) >= 11 is 0. The van der Waals surface area contributed by atoms with Gasteiger partial charge in [0.1, 0.15) is 5.54 Å². The summed E-state index contributed by atoms with van der Waals surface area (Å²) in [5.74, 6) is -1.04. The average molecular weight is 573 g/mol. The number of carbonyl (C=O) groups excluding carboxylic acids is 1. The number of carboxylic acid groups (broad SMARTS) is 1. The third kappa shape index (κ3) is 6.45. The lowest BCUT2D eigenvalue weighted by molar-refractivity contribution is -0.149. The lowest BCUT2D eigenvalue weighted by Crippen LogP contribution is -2.58. The number of nitrogens with one attached hydrogen (secondary N) is 3. The monoisotopic (exact) mass is 572 g/mol. The molecule has 10 heteroatoms. The van der Waals surface area contributed by atoms with Crippen LogP contribution in [-0.2, 0) is 15.1 Å². The first kappa shape index (κ1) is 30.7. The van der Waals surface area contributed by atoms with Crippen molar-refractivity contribution in [1.29, 1.82) is 0 Å². The summed E-state index contributed by atoms with van der Waals surface area (Å²) in [6, 6.07) is 18.3. The van der Waals surface area contributed by atoms with Gasteiger partial charge < -0.3 is 20.2 Å². The highest BCUT2D eigenvalue weighted by Crippen LogP contribution is 2.42. The van der Waals surface area contributed by atoms with Gasteiger partial charge in [-0.1, -0.05) is 75.4 Å². The molecule has 1 amide bonds. The number of fused-ring (bicyclic) bond motifs is 1. The number of aryl methyl sites for hydroxylation is 2. The number of para-hydroxylation sites is 1. The number of rotatable bonds is 12. The smallest absolute Gasteiger partial charge is 0.347 e. The highest BCUT2D eigenvalue weighted by atomic mass is 16.5. The number of aliphatic carboxylic acids is 1. The summed E-state index contributed by atoms with van der Waals surface area (Å²) < 4.78 is 6.14. The van der Waals surface area contributed by atoms with Crippen molar-refractivity contribution in [1.82, 2.24) is 26.1 Å². The van der Waals surface area contributed by atoms with Crippen LogP contribution in [0.1, 0.15) is 49.7 Å². The Bertz CT molecular complexity index is 1410. The number of benzene rings is 2. The Morgan fingerprint density at radius 2 is 1.76 bits per heavy atom. The quantitative estimate of drug-likeness (QED) is 0.239. The molecule has 3 aromatic rings. The Kier molecular flexibility index (Phi) is 9.59. The third-order valence-electron chi connectivity index (χ3n) is 7.79. The van der Waals surface area contributed by atoms with Crippen molar-refractivity contribution in [2.45, 2.75) is 58.7 Å². The highest BCUT2D eigenvalue weighted by molar-refractivity contribution is 5.98. The average Bonchev–Trinajstić information content (AvgIpc) is 3.09. The molecular formula is C32H40N6O4. The minimum Gasteiger partial charge on any atom is -0.478 e. The van der Waals surface area contributed by atoms with Crippen molar-refractivity contribution in [2.24, 2.45) is 5.92 Å². The van der Waals surface area contributed by atoms with Crippen LogP contribution in [0.3, 0.4) is 0 Å². The van der Waals surface area contributed by atoms with Gasteiger partial charge in [0.2, 0.25) is 12.0 Å². The highest BCUT2D eigenvalue weighted by Gasteiger charge is 2.52. The molecule has 1 aliphatic heterocycles. The molecule has 0 radical (unpaired) electrons. The molecule has 4 atom stereocenters. The fraction of sp³-hybridized carbons (Fsp3) is 0.375. The topological polar surface area (TPSA) is 129 Å². The molecule has 1 aliphatic rings. The molecule has 222 valence electrons. The predicted octanol–water partition coefficient (Wildman–Crippen LogP) is 3.85. The van der Waals surface area contributed by atoms with E-state index < -0.39 is 17.6 Å². The van der Waals surface area contributed by atoms with E-state index in [1.54, 1.807) is 24.8 Å². The number of hydrazine groups is 1. The second kappa shape index (κ2) is 13.1. The van der Waals surface area contributed by atoms with E-state index in [2.05, 4.69) is 53.5 Å². The molecule has 4 N–H and O–H groups in total. The van der Waals surface area contributed by atoms with Crippen LogP contribution in [0.4, 0.5) is 5.69 Å². The van der Waals surface area contributed by atoms with Crippen LogP contribution < -0.4 is 25.8 Å². The van der Waals surface area contributed by atoms with Crippen molar-refractivity contribution in [3.8, 4) is 6.01 Å². The molecular weight excluding hydrogens is 532 g/mol. The summed E-state index contributed by atoms with van der Waals surface area (Å²) in [4.78, 5) is 37.1. The lowest BCUT2D eigenvalue weighted by atomic mass is 9.77. The molecule has 0 bridgehead atoms. The fourth-order valence-electron chi connectivity index (χ4n) is 5.22. The number of hydrogen-bond donors (Lipinski definition) is 4. The summed E-state index contributed by atoms with van der Waals surface area (Å²) in [6.07, 6.45) is -0.512. The van der Waals surface area contributed by atoms with E-state index in [0.717, 1.165) is 6.42 Å². The molecule has 0 saturated heterocycles. The van der Waals surface area contributed by atoms with Crippen molar-refractivity contribution in [3.63, 3.8) is 0 Å². The predicted molar refractivity (Wildman–Crippen MR) is 162 cm³/mol. The maximum Gasteiger partial charge on any atom is 0.347 e. The molecule has 0 spiro atoms. The Balaban J connectivity index is 1.81. The number of ether oxygens (including phenoxy) is 1. The summed E-state index contributed by atoms with van der Waals surface area (Å²) in [5.41, 5.74) is 8.56. The Hall–Kier alpha value is -4.28. The molecule has 0 saturated carbocycles. The van der Waals surface area contributed by atoms with Gasteiger partial charge in [0.15, 0.2) is 0 Å². The molecule has 4 rings (SSSR count). The van der Waals surface area contributed by atoms with Gasteiger partial charge in [-0.05, 0) is 44.4 Å². The molecule has 2 aromatic carbocycles. The number of carboxylic acids is 1. The van der Waals surface area contributed by atoms with E-state index in [-0.39, 0.29) is 31.0 Å². The van der Waals surface area contributed by atoms with Gasteiger partial charge in [0.25, 0.3) is 0 Å². The SMILES string of the molecule is C=C(CN1C(=O)CNC(c2ccccc2)(C(Oc2nc(C)cc(C)n2)C(=O)O)c2ccccc21)NNC(C)C(C)CC. The zero-order valence-electron chi connectivity index (χ0n) is 24.8. The maximum absolute atomic E-state index is 13.7. The summed E-state index contributed by atoms with van der Waals surface area (Å²) in [5, 5.41) is 14.0. The van der Waals surface area contributed by atoms with Crippen LogP contribution in [-0.4, -0.2) is 52.2 Å². The second-order valence-electron chi connectivity index (χ2n) is 10.8. The molecule has 0 aliphatic carbocycles. The first-order valence-electron chi connectivity index (χ1n) is 14.2. The van der Waals surface area contributed by atoms with E-state index >= 15 is 0 Å². The van der Waals surface area contributed by atoms with Crippen molar-refractivity contribution >= 4 is 17.6 Å². The van der Waals surface area contributed by atoms with E-state index in [0.29, 0.717) is 39.8 Å². The molecule has 2 heterocycles. The van der Waals surface area contributed by atoms with Gasteiger partial charge >= 0.3 is 12.0 Å². The minimum absolute atomic E-state index is 0.0546. The lowest BCUT2D eigenvalue weighted by Gasteiger charge is -2.39. The van der Waals surface area contributed by atoms with Gasteiger partial charge in [-0.25, -0.2) is 20.2 Å². The van der Waals surface area contributed by atoms with Crippen LogP contribution in [0.25, 0.3) is 0 Å². The molecule has 4 unspecified atom stereocenters. The zero-order valence-corrected chi connectivity index (χ0v) is 24.8. The first-order valence-corrected chi connectivity index (χ1v) is 14.2. The molecule has 1 aromatic heterocycles. The van der Waals surface area contributed by atoms with Crippen LogP contribution in [0.15, 0.2) is 72.9 Å². The van der Waals surface area contributed by atoms with Crippen molar-refractivity contribution in [2.75, 3.05) is 18.0 Å². The van der Waals surface area contributed by atoms with Crippen molar-refractivity contribution in [3.05, 3.63) is 95.5 Å². The molecule has 10 nitrogen and oxygen atoms in total. The first-order chi connectivity index (χ1) is 20.1. The van der Waals surface area contributed by atoms with E-state index in [4.69, 9.17) is 4.74 Å². The molecule has 42 heavy (non-hydrogen) atoms.